The van der Waals surface area contributed by atoms with Crippen LogP contribution in [0.5, 0.6) is 0 Å². The van der Waals surface area contributed by atoms with Gasteiger partial charge in [-0.2, -0.15) is 0 Å². The zero-order chi connectivity index (χ0) is 14.0. The highest BCUT2D eigenvalue weighted by Gasteiger charge is 2.14. The lowest BCUT2D eigenvalue weighted by Crippen LogP contribution is -2.03. The van der Waals surface area contributed by atoms with Crippen molar-refractivity contribution in [1.29, 1.82) is 0 Å². The number of halogens is 4. The molecule has 2 aromatic rings. The molecule has 2 aromatic carbocycles. The number of benzene rings is 2. The number of hydrogen-bond acceptors (Lipinski definition) is 1. The van der Waals surface area contributed by atoms with Gasteiger partial charge in [0.1, 0.15) is 5.82 Å². The summed E-state index contributed by atoms with van der Waals surface area (Å²) in [6, 6.07) is 9.21. The van der Waals surface area contributed by atoms with Crippen LogP contribution in [0.15, 0.2) is 36.4 Å². The Balaban J connectivity index is 2.22. The molecule has 0 aliphatic rings. The summed E-state index contributed by atoms with van der Waals surface area (Å²) < 4.78 is 13.0. The summed E-state index contributed by atoms with van der Waals surface area (Å²) in [6.45, 7) is 0. The van der Waals surface area contributed by atoms with Crippen molar-refractivity contribution in [3.05, 3.63) is 68.4 Å². The Morgan fingerprint density at radius 1 is 1.00 bits per heavy atom. The summed E-state index contributed by atoms with van der Waals surface area (Å²) in [5.41, 5.74) is 1.25. The van der Waals surface area contributed by atoms with E-state index >= 15 is 0 Å². The Hall–Kier alpha value is -0.800. The Kier molecular flexibility index (Phi) is 4.69. The fourth-order valence-corrected chi connectivity index (χ4v) is 2.40. The van der Waals surface area contributed by atoms with Gasteiger partial charge in [-0.05, 0) is 35.9 Å². The summed E-state index contributed by atoms with van der Waals surface area (Å²) in [4.78, 5) is 0. The third kappa shape index (κ3) is 3.61. The van der Waals surface area contributed by atoms with Gasteiger partial charge in [0.25, 0.3) is 0 Å². The van der Waals surface area contributed by atoms with Gasteiger partial charge < -0.3 is 5.11 Å². The highest BCUT2D eigenvalue weighted by molar-refractivity contribution is 6.33. The van der Waals surface area contributed by atoms with Gasteiger partial charge in [-0.15, -0.1) is 0 Å². The van der Waals surface area contributed by atoms with E-state index in [9.17, 15) is 9.50 Å². The van der Waals surface area contributed by atoms with Crippen molar-refractivity contribution in [2.45, 2.75) is 12.5 Å². The van der Waals surface area contributed by atoms with E-state index in [0.29, 0.717) is 15.6 Å². The lowest BCUT2D eigenvalue weighted by molar-refractivity contribution is 0.178. The van der Waals surface area contributed by atoms with E-state index in [1.54, 1.807) is 24.3 Å². The third-order valence-corrected chi connectivity index (χ3v) is 3.60. The van der Waals surface area contributed by atoms with E-state index < -0.39 is 11.9 Å². The zero-order valence-electron chi connectivity index (χ0n) is 9.71. The first kappa shape index (κ1) is 14.6. The minimum atomic E-state index is -0.826. The normalized spacial score (nSPS) is 12.5. The van der Waals surface area contributed by atoms with E-state index in [-0.39, 0.29) is 11.4 Å². The quantitative estimate of drug-likeness (QED) is 0.838. The second kappa shape index (κ2) is 6.10. The van der Waals surface area contributed by atoms with Crippen LogP contribution in [0.3, 0.4) is 0 Å². The van der Waals surface area contributed by atoms with E-state index in [1.807, 2.05) is 0 Å². The second-order valence-corrected chi connectivity index (χ2v) is 5.39. The molecule has 0 aliphatic carbocycles. The molecule has 5 heteroatoms. The maximum Gasteiger partial charge on any atom is 0.141 e. The van der Waals surface area contributed by atoms with Crippen molar-refractivity contribution in [3.63, 3.8) is 0 Å². The van der Waals surface area contributed by atoms with E-state index in [0.717, 1.165) is 5.56 Å². The Morgan fingerprint density at radius 3 is 2.42 bits per heavy atom. The minimum absolute atomic E-state index is 0.0295. The summed E-state index contributed by atoms with van der Waals surface area (Å²) in [5, 5.41) is 11.1. The predicted octanol–water partition coefficient (Wildman–Crippen LogP) is 5.06. The van der Waals surface area contributed by atoms with Crippen molar-refractivity contribution >= 4 is 34.8 Å². The lowest BCUT2D eigenvalue weighted by Gasteiger charge is -2.13. The van der Waals surface area contributed by atoms with Crippen molar-refractivity contribution in [2.75, 3.05) is 0 Å². The Bertz CT molecular complexity index is 601. The van der Waals surface area contributed by atoms with Gasteiger partial charge >= 0.3 is 0 Å². The largest absolute Gasteiger partial charge is 0.388 e. The van der Waals surface area contributed by atoms with Crippen LogP contribution in [0.2, 0.25) is 15.1 Å². The molecule has 0 saturated heterocycles. The highest BCUT2D eigenvalue weighted by Crippen LogP contribution is 2.29. The standard InChI is InChI=1S/C14H10Cl3FO/c15-9-2-3-11(16)10(7-9)14(19)6-8-1-4-13(18)12(17)5-8/h1-5,7,14,19H,6H2. The first-order chi connectivity index (χ1) is 8.97. The third-order valence-electron chi connectivity index (χ3n) is 2.73. The molecule has 0 amide bonds. The molecule has 1 N–H and O–H groups in total. The van der Waals surface area contributed by atoms with Gasteiger partial charge in [-0.1, -0.05) is 40.9 Å². The molecule has 0 radical (unpaired) electrons. The summed E-state index contributed by atoms with van der Waals surface area (Å²) in [7, 11) is 0. The molecular weight excluding hydrogens is 310 g/mol. The average molecular weight is 320 g/mol. The highest BCUT2D eigenvalue weighted by atomic mass is 35.5. The van der Waals surface area contributed by atoms with E-state index in [4.69, 9.17) is 34.8 Å². The molecule has 1 unspecified atom stereocenters. The number of aliphatic hydroxyl groups is 1. The van der Waals surface area contributed by atoms with Crippen LogP contribution in [-0.4, -0.2) is 5.11 Å². The van der Waals surface area contributed by atoms with Gasteiger partial charge in [-0.25, -0.2) is 4.39 Å². The van der Waals surface area contributed by atoms with Gasteiger partial charge in [0.05, 0.1) is 11.1 Å². The fourth-order valence-electron chi connectivity index (χ4n) is 1.77. The van der Waals surface area contributed by atoms with Crippen molar-refractivity contribution in [3.8, 4) is 0 Å². The molecule has 0 aliphatic heterocycles. The molecule has 2 rings (SSSR count). The second-order valence-electron chi connectivity index (χ2n) is 4.13. The first-order valence-electron chi connectivity index (χ1n) is 5.54. The van der Waals surface area contributed by atoms with Crippen LogP contribution in [0.25, 0.3) is 0 Å². The fraction of sp³-hybridized carbons (Fsp3) is 0.143. The van der Waals surface area contributed by atoms with Crippen LogP contribution < -0.4 is 0 Å². The van der Waals surface area contributed by atoms with E-state index in [2.05, 4.69) is 0 Å². The number of hydrogen-bond donors (Lipinski definition) is 1. The van der Waals surface area contributed by atoms with Crippen LogP contribution in [0, 0.1) is 5.82 Å². The average Bonchev–Trinajstić information content (AvgIpc) is 2.36. The molecule has 0 fully saturated rings. The van der Waals surface area contributed by atoms with E-state index in [1.165, 1.54) is 12.1 Å². The topological polar surface area (TPSA) is 20.2 Å². The molecule has 0 aromatic heterocycles. The van der Waals surface area contributed by atoms with Crippen molar-refractivity contribution in [1.82, 2.24) is 0 Å². The molecule has 1 nitrogen and oxygen atoms in total. The Morgan fingerprint density at radius 2 is 1.74 bits per heavy atom. The molecule has 0 heterocycles. The van der Waals surface area contributed by atoms with Crippen LogP contribution in [0.4, 0.5) is 4.39 Å². The SMILES string of the molecule is OC(Cc1ccc(F)c(Cl)c1)c1cc(Cl)ccc1Cl. The minimum Gasteiger partial charge on any atom is -0.388 e. The maximum atomic E-state index is 13.0. The monoisotopic (exact) mass is 318 g/mol. The Labute approximate surface area is 125 Å². The smallest absolute Gasteiger partial charge is 0.141 e. The molecule has 1 atom stereocenters. The van der Waals surface area contributed by atoms with Crippen LogP contribution in [-0.2, 0) is 6.42 Å². The van der Waals surface area contributed by atoms with Crippen LogP contribution in [0.1, 0.15) is 17.2 Å². The number of rotatable bonds is 3. The van der Waals surface area contributed by atoms with Gasteiger partial charge in [0.15, 0.2) is 0 Å². The molecule has 100 valence electrons. The molecule has 19 heavy (non-hydrogen) atoms. The maximum absolute atomic E-state index is 13.0. The van der Waals surface area contributed by atoms with Crippen LogP contribution >= 0.6 is 34.8 Å². The summed E-state index contributed by atoms with van der Waals surface area (Å²) in [6.07, 6.45) is -0.548. The summed E-state index contributed by atoms with van der Waals surface area (Å²) >= 11 is 17.6. The van der Waals surface area contributed by atoms with Gasteiger partial charge in [0.2, 0.25) is 0 Å². The first-order valence-corrected chi connectivity index (χ1v) is 6.67. The van der Waals surface area contributed by atoms with Gasteiger partial charge in [-0.3, -0.25) is 0 Å². The zero-order valence-corrected chi connectivity index (χ0v) is 12.0. The lowest BCUT2D eigenvalue weighted by atomic mass is 10.0. The van der Waals surface area contributed by atoms with Gasteiger partial charge in [0, 0.05) is 22.0 Å². The number of aliphatic hydroxyl groups excluding tert-OH is 1. The molecular formula is C14H10Cl3FO. The van der Waals surface area contributed by atoms with Crippen molar-refractivity contribution in [2.24, 2.45) is 0 Å². The summed E-state index contributed by atoms with van der Waals surface area (Å²) in [5.74, 6) is -0.485. The van der Waals surface area contributed by atoms with Crippen molar-refractivity contribution < 1.29 is 9.50 Å². The molecule has 0 spiro atoms. The molecule has 0 saturated carbocycles. The molecule has 0 bridgehead atoms. The predicted molar refractivity (Wildman–Crippen MR) is 76.5 cm³/mol.